The standard InChI is InChI=1S/C20H15ClFN5O/c21-12-2-1-3-14(10-12)27(20(24)28)13-6-4-11(5-7-13)17-15(22)8-9-16-18(17)19(23)26-25-16/h1-10H,(H2,24,28)(H3,23,25,26). The van der Waals surface area contributed by atoms with Gasteiger partial charge in [-0.05, 0) is 48.0 Å². The maximum atomic E-state index is 14.6. The average molecular weight is 396 g/mol. The van der Waals surface area contributed by atoms with Crippen LogP contribution >= 0.6 is 11.6 Å². The van der Waals surface area contributed by atoms with Gasteiger partial charge in [-0.2, -0.15) is 5.10 Å². The number of benzene rings is 3. The zero-order chi connectivity index (χ0) is 19.8. The maximum Gasteiger partial charge on any atom is 0.323 e. The number of nitrogens with zero attached hydrogens (tertiary/aromatic N) is 2. The molecular formula is C20H15ClFN5O. The first-order valence-corrected chi connectivity index (χ1v) is 8.71. The number of amides is 2. The smallest absolute Gasteiger partial charge is 0.323 e. The van der Waals surface area contributed by atoms with Crippen molar-refractivity contribution in [3.05, 3.63) is 71.5 Å². The maximum absolute atomic E-state index is 14.6. The Labute approximate surface area is 164 Å². The molecule has 0 bridgehead atoms. The summed E-state index contributed by atoms with van der Waals surface area (Å²) in [4.78, 5) is 13.3. The molecule has 0 spiro atoms. The fraction of sp³-hybridized carbons (Fsp3) is 0. The lowest BCUT2D eigenvalue weighted by Crippen LogP contribution is -2.31. The van der Waals surface area contributed by atoms with E-state index in [1.807, 2.05) is 0 Å². The largest absolute Gasteiger partial charge is 0.382 e. The summed E-state index contributed by atoms with van der Waals surface area (Å²) >= 11 is 6.02. The summed E-state index contributed by atoms with van der Waals surface area (Å²) in [5.74, 6) is -0.207. The fourth-order valence-corrected chi connectivity index (χ4v) is 3.38. The number of hydrogen-bond donors (Lipinski definition) is 3. The SMILES string of the molecule is NC(=O)N(c1ccc(-c2c(F)ccc3[nH]nc(N)c23)cc1)c1cccc(Cl)c1. The van der Waals surface area contributed by atoms with Crippen LogP contribution in [0.3, 0.4) is 0 Å². The van der Waals surface area contributed by atoms with Gasteiger partial charge in [0.05, 0.1) is 22.3 Å². The van der Waals surface area contributed by atoms with Gasteiger partial charge in [0.25, 0.3) is 0 Å². The van der Waals surface area contributed by atoms with Gasteiger partial charge in [-0.25, -0.2) is 9.18 Å². The lowest BCUT2D eigenvalue weighted by atomic mass is 10.00. The molecule has 4 rings (SSSR count). The third-order valence-electron chi connectivity index (χ3n) is 4.41. The number of anilines is 3. The minimum Gasteiger partial charge on any atom is -0.382 e. The third kappa shape index (κ3) is 3.01. The zero-order valence-electron chi connectivity index (χ0n) is 14.5. The van der Waals surface area contributed by atoms with E-state index in [9.17, 15) is 9.18 Å². The Hall–Kier alpha value is -3.58. The predicted octanol–water partition coefficient (Wildman–Crippen LogP) is 4.82. The van der Waals surface area contributed by atoms with Gasteiger partial charge in [0.2, 0.25) is 0 Å². The molecule has 0 radical (unpaired) electrons. The number of aromatic amines is 1. The van der Waals surface area contributed by atoms with Crippen LogP contribution in [-0.4, -0.2) is 16.2 Å². The molecule has 5 N–H and O–H groups in total. The first-order valence-electron chi connectivity index (χ1n) is 8.33. The number of hydrogen-bond acceptors (Lipinski definition) is 3. The molecule has 0 saturated heterocycles. The molecule has 0 atom stereocenters. The van der Waals surface area contributed by atoms with Gasteiger partial charge in [0, 0.05) is 10.6 Å². The Morgan fingerprint density at radius 1 is 1.07 bits per heavy atom. The summed E-state index contributed by atoms with van der Waals surface area (Å²) in [5.41, 5.74) is 14.1. The summed E-state index contributed by atoms with van der Waals surface area (Å²) in [7, 11) is 0. The molecule has 4 aromatic rings. The summed E-state index contributed by atoms with van der Waals surface area (Å²) in [5, 5.41) is 7.70. The van der Waals surface area contributed by atoms with E-state index < -0.39 is 11.8 Å². The van der Waals surface area contributed by atoms with E-state index in [1.54, 1.807) is 54.6 Å². The summed E-state index contributed by atoms with van der Waals surface area (Å²) in [6, 6.07) is 15.8. The highest BCUT2D eigenvalue weighted by atomic mass is 35.5. The van der Waals surface area contributed by atoms with Gasteiger partial charge < -0.3 is 11.5 Å². The Kier molecular flexibility index (Phi) is 4.37. The molecule has 0 fully saturated rings. The molecule has 0 aliphatic rings. The Bertz CT molecular complexity index is 1190. The predicted molar refractivity (Wildman–Crippen MR) is 109 cm³/mol. The van der Waals surface area contributed by atoms with Gasteiger partial charge in [-0.1, -0.05) is 29.8 Å². The molecule has 28 heavy (non-hydrogen) atoms. The van der Waals surface area contributed by atoms with E-state index in [0.29, 0.717) is 38.4 Å². The molecule has 0 aliphatic carbocycles. The van der Waals surface area contributed by atoms with Crippen LogP contribution in [0.5, 0.6) is 0 Å². The number of primary amides is 1. The number of aromatic nitrogens is 2. The van der Waals surface area contributed by atoms with Crippen LogP contribution in [0.4, 0.5) is 26.4 Å². The van der Waals surface area contributed by atoms with Crippen molar-refractivity contribution >= 4 is 45.7 Å². The molecular weight excluding hydrogens is 381 g/mol. The third-order valence-corrected chi connectivity index (χ3v) is 4.64. The van der Waals surface area contributed by atoms with Crippen molar-refractivity contribution in [1.29, 1.82) is 0 Å². The zero-order valence-corrected chi connectivity index (χ0v) is 15.2. The van der Waals surface area contributed by atoms with Crippen LogP contribution in [0.1, 0.15) is 0 Å². The molecule has 6 nitrogen and oxygen atoms in total. The Morgan fingerprint density at radius 2 is 1.82 bits per heavy atom. The molecule has 3 aromatic carbocycles. The second-order valence-corrected chi connectivity index (χ2v) is 6.59. The number of rotatable bonds is 3. The highest BCUT2D eigenvalue weighted by Crippen LogP contribution is 2.35. The van der Waals surface area contributed by atoms with Crippen molar-refractivity contribution in [1.82, 2.24) is 10.2 Å². The van der Waals surface area contributed by atoms with Crippen molar-refractivity contribution < 1.29 is 9.18 Å². The highest BCUT2D eigenvalue weighted by molar-refractivity contribution is 6.31. The summed E-state index contributed by atoms with van der Waals surface area (Å²) < 4.78 is 14.6. The van der Waals surface area contributed by atoms with E-state index in [4.69, 9.17) is 23.1 Å². The van der Waals surface area contributed by atoms with E-state index in [-0.39, 0.29) is 5.82 Å². The molecule has 0 unspecified atom stereocenters. The van der Waals surface area contributed by atoms with Gasteiger partial charge in [-0.15, -0.1) is 0 Å². The van der Waals surface area contributed by atoms with E-state index >= 15 is 0 Å². The monoisotopic (exact) mass is 395 g/mol. The number of carbonyl (C=O) groups is 1. The van der Waals surface area contributed by atoms with E-state index in [2.05, 4.69) is 10.2 Å². The number of carbonyl (C=O) groups excluding carboxylic acids is 1. The lowest BCUT2D eigenvalue weighted by molar-refractivity contribution is 0.256. The summed E-state index contributed by atoms with van der Waals surface area (Å²) in [6.45, 7) is 0. The van der Waals surface area contributed by atoms with Gasteiger partial charge in [-0.3, -0.25) is 10.00 Å². The van der Waals surface area contributed by atoms with Crippen molar-refractivity contribution in [3.63, 3.8) is 0 Å². The van der Waals surface area contributed by atoms with Crippen LogP contribution in [0.25, 0.3) is 22.0 Å². The van der Waals surface area contributed by atoms with Gasteiger partial charge >= 0.3 is 6.03 Å². The van der Waals surface area contributed by atoms with Gasteiger partial charge in [0.15, 0.2) is 5.82 Å². The van der Waals surface area contributed by atoms with E-state index in [1.165, 1.54) is 11.0 Å². The molecule has 2 amide bonds. The van der Waals surface area contributed by atoms with Crippen molar-refractivity contribution in [3.8, 4) is 11.1 Å². The number of nitrogens with one attached hydrogen (secondary N) is 1. The molecule has 1 aromatic heterocycles. The first kappa shape index (κ1) is 17.8. The minimum absolute atomic E-state index is 0.214. The number of halogens is 2. The number of urea groups is 1. The Balaban J connectivity index is 1.80. The number of nitrogens with two attached hydrogens (primary N) is 2. The topological polar surface area (TPSA) is 101 Å². The van der Waals surface area contributed by atoms with Crippen LogP contribution in [0, 0.1) is 5.82 Å². The molecule has 8 heteroatoms. The van der Waals surface area contributed by atoms with Crippen LogP contribution in [-0.2, 0) is 0 Å². The first-order chi connectivity index (χ1) is 13.5. The van der Waals surface area contributed by atoms with Gasteiger partial charge in [0.1, 0.15) is 5.82 Å². The highest BCUT2D eigenvalue weighted by Gasteiger charge is 2.18. The number of H-pyrrole nitrogens is 1. The quantitative estimate of drug-likeness (QED) is 0.463. The van der Waals surface area contributed by atoms with Crippen LogP contribution < -0.4 is 16.4 Å². The van der Waals surface area contributed by atoms with Crippen LogP contribution in [0.2, 0.25) is 5.02 Å². The van der Waals surface area contributed by atoms with Crippen LogP contribution in [0.15, 0.2) is 60.7 Å². The Morgan fingerprint density at radius 3 is 2.50 bits per heavy atom. The minimum atomic E-state index is -0.664. The second-order valence-electron chi connectivity index (χ2n) is 6.15. The van der Waals surface area contributed by atoms with E-state index in [0.717, 1.165) is 0 Å². The van der Waals surface area contributed by atoms with Crippen molar-refractivity contribution in [2.24, 2.45) is 5.73 Å². The lowest BCUT2D eigenvalue weighted by Gasteiger charge is -2.21. The second kappa shape index (κ2) is 6.86. The fourth-order valence-electron chi connectivity index (χ4n) is 3.19. The number of fused-ring (bicyclic) bond motifs is 1. The number of nitrogen functional groups attached to an aromatic ring is 1. The molecule has 1 heterocycles. The molecule has 140 valence electrons. The molecule has 0 aliphatic heterocycles. The van der Waals surface area contributed by atoms with Crippen molar-refractivity contribution in [2.45, 2.75) is 0 Å². The van der Waals surface area contributed by atoms with Crippen molar-refractivity contribution in [2.75, 3.05) is 10.6 Å². The average Bonchev–Trinajstić information content (AvgIpc) is 3.04. The molecule has 0 saturated carbocycles. The normalized spacial score (nSPS) is 10.9. The summed E-state index contributed by atoms with van der Waals surface area (Å²) in [6.07, 6.45) is 0.